The third-order valence-electron chi connectivity index (χ3n) is 2.34. The molecule has 0 aliphatic heterocycles. The molecule has 0 radical (unpaired) electrons. The number of hydrogen-bond donors (Lipinski definition) is 3. The summed E-state index contributed by atoms with van der Waals surface area (Å²) in [6.07, 6.45) is 1.37. The summed E-state index contributed by atoms with van der Waals surface area (Å²) in [6.45, 7) is 4.94. The van der Waals surface area contributed by atoms with Crippen molar-refractivity contribution in [2.75, 3.05) is 11.9 Å². The molecule has 3 N–H and O–H groups in total. The van der Waals surface area contributed by atoms with Crippen LogP contribution in [0.1, 0.15) is 36.1 Å². The normalized spacial score (nSPS) is 12.3. The molecule has 2 aromatic rings. The van der Waals surface area contributed by atoms with E-state index in [0.29, 0.717) is 5.13 Å². The molecule has 1 amide bonds. The summed E-state index contributed by atoms with van der Waals surface area (Å²) >= 11 is 1.39. The molecule has 18 heavy (non-hydrogen) atoms. The first-order valence-electron chi connectivity index (χ1n) is 5.56. The summed E-state index contributed by atoms with van der Waals surface area (Å²) in [6, 6.07) is 0.170. The van der Waals surface area contributed by atoms with Crippen molar-refractivity contribution in [3.8, 4) is 0 Å². The van der Waals surface area contributed by atoms with Gasteiger partial charge in [0.1, 0.15) is 0 Å². The second-order valence-electron chi connectivity index (χ2n) is 3.67. The van der Waals surface area contributed by atoms with E-state index in [0.717, 1.165) is 12.2 Å². The monoisotopic (exact) mass is 266 g/mol. The van der Waals surface area contributed by atoms with E-state index < -0.39 is 0 Å². The van der Waals surface area contributed by atoms with Crippen molar-refractivity contribution < 1.29 is 4.79 Å². The third-order valence-corrected chi connectivity index (χ3v) is 3.12. The van der Waals surface area contributed by atoms with E-state index in [1.54, 1.807) is 0 Å². The Balaban J connectivity index is 2.00. The number of amides is 1. The summed E-state index contributed by atoms with van der Waals surface area (Å²) in [5.74, 6) is -0.319. The number of carbonyl (C=O) groups excluding carboxylic acids is 1. The highest BCUT2D eigenvalue weighted by atomic mass is 32.1. The summed E-state index contributed by atoms with van der Waals surface area (Å²) in [7, 11) is 0. The van der Waals surface area contributed by atoms with Crippen LogP contribution in [0.15, 0.2) is 11.6 Å². The number of anilines is 1. The van der Waals surface area contributed by atoms with E-state index in [1.807, 2.05) is 19.2 Å². The van der Waals surface area contributed by atoms with Crippen LogP contribution in [0.25, 0.3) is 0 Å². The molecule has 2 heterocycles. The molecule has 0 saturated heterocycles. The van der Waals surface area contributed by atoms with Crippen LogP contribution in [0, 0.1) is 0 Å². The van der Waals surface area contributed by atoms with Gasteiger partial charge in [-0.25, -0.2) is 4.98 Å². The van der Waals surface area contributed by atoms with Crippen molar-refractivity contribution >= 4 is 22.4 Å². The second-order valence-corrected chi connectivity index (χ2v) is 4.52. The number of aromatic nitrogens is 4. The first-order chi connectivity index (χ1) is 8.70. The van der Waals surface area contributed by atoms with Crippen LogP contribution < -0.4 is 10.6 Å². The van der Waals surface area contributed by atoms with Crippen molar-refractivity contribution in [1.29, 1.82) is 0 Å². The minimum atomic E-state index is -0.319. The Morgan fingerprint density at radius 3 is 3.11 bits per heavy atom. The van der Waals surface area contributed by atoms with Gasteiger partial charge in [-0.3, -0.25) is 10.1 Å². The molecule has 0 fully saturated rings. The topological polar surface area (TPSA) is 95.6 Å². The van der Waals surface area contributed by atoms with Gasteiger partial charge in [0.2, 0.25) is 0 Å². The van der Waals surface area contributed by atoms with Gasteiger partial charge in [0.25, 0.3) is 5.91 Å². The van der Waals surface area contributed by atoms with Gasteiger partial charge in [-0.15, -0.1) is 11.3 Å². The lowest BCUT2D eigenvalue weighted by atomic mass is 10.3. The lowest BCUT2D eigenvalue weighted by Crippen LogP contribution is -2.18. The van der Waals surface area contributed by atoms with Crippen LogP contribution in [-0.4, -0.2) is 32.8 Å². The van der Waals surface area contributed by atoms with E-state index in [4.69, 9.17) is 0 Å². The van der Waals surface area contributed by atoms with Crippen LogP contribution in [-0.2, 0) is 0 Å². The fraction of sp³-hybridized carbons (Fsp3) is 0.400. The van der Waals surface area contributed by atoms with E-state index in [9.17, 15) is 4.79 Å². The van der Waals surface area contributed by atoms with Crippen LogP contribution in [0.5, 0.6) is 0 Å². The highest BCUT2D eigenvalue weighted by Crippen LogP contribution is 2.20. The predicted octanol–water partition coefficient (Wildman–Crippen LogP) is 1.18. The summed E-state index contributed by atoms with van der Waals surface area (Å²) < 4.78 is 0. The molecule has 96 valence electrons. The Morgan fingerprint density at radius 2 is 2.44 bits per heavy atom. The SMILES string of the molecule is CCNC(C)c1csc(NC(=O)c2cn[nH]n2)n1. The summed E-state index contributed by atoms with van der Waals surface area (Å²) in [4.78, 5) is 16.0. The molecule has 0 spiro atoms. The second kappa shape index (κ2) is 5.69. The number of nitrogens with one attached hydrogen (secondary N) is 3. The number of nitrogens with zero attached hydrogens (tertiary/aromatic N) is 3. The lowest BCUT2D eigenvalue weighted by molar-refractivity contribution is 0.102. The van der Waals surface area contributed by atoms with E-state index in [1.165, 1.54) is 17.5 Å². The number of hydrogen-bond acceptors (Lipinski definition) is 6. The predicted molar refractivity (Wildman–Crippen MR) is 68.5 cm³/mol. The summed E-state index contributed by atoms with van der Waals surface area (Å²) in [5.41, 5.74) is 1.16. The molecular weight excluding hydrogens is 252 g/mol. The zero-order valence-corrected chi connectivity index (χ0v) is 10.9. The Labute approximate surface area is 108 Å². The maximum Gasteiger partial charge on any atom is 0.279 e. The van der Waals surface area contributed by atoms with E-state index in [-0.39, 0.29) is 17.6 Å². The van der Waals surface area contributed by atoms with Crippen LogP contribution in [0.2, 0.25) is 0 Å². The number of H-pyrrole nitrogens is 1. The molecule has 2 rings (SSSR count). The molecule has 0 aromatic carbocycles. The van der Waals surface area contributed by atoms with Crippen LogP contribution in [0.4, 0.5) is 5.13 Å². The number of aromatic amines is 1. The van der Waals surface area contributed by atoms with Gasteiger partial charge in [-0.05, 0) is 13.5 Å². The molecule has 8 heteroatoms. The number of thiazole rings is 1. The average Bonchev–Trinajstić information content (AvgIpc) is 2.99. The summed E-state index contributed by atoms with van der Waals surface area (Å²) in [5, 5.41) is 18.1. The zero-order valence-electron chi connectivity index (χ0n) is 10.1. The van der Waals surface area contributed by atoms with Crippen molar-refractivity contribution in [1.82, 2.24) is 25.7 Å². The highest BCUT2D eigenvalue weighted by molar-refractivity contribution is 7.14. The van der Waals surface area contributed by atoms with Gasteiger partial charge < -0.3 is 5.32 Å². The Kier molecular flexibility index (Phi) is 4.00. The minimum Gasteiger partial charge on any atom is -0.309 e. The average molecular weight is 266 g/mol. The molecule has 7 nitrogen and oxygen atoms in total. The molecule has 0 aliphatic carbocycles. The van der Waals surface area contributed by atoms with Crippen molar-refractivity contribution in [2.24, 2.45) is 0 Å². The van der Waals surface area contributed by atoms with Gasteiger partial charge in [0.15, 0.2) is 10.8 Å². The zero-order chi connectivity index (χ0) is 13.0. The first kappa shape index (κ1) is 12.7. The smallest absolute Gasteiger partial charge is 0.279 e. The number of carbonyl (C=O) groups is 1. The standard InChI is InChI=1S/C10H14N6OS/c1-3-11-6(2)8-5-18-10(13-8)14-9(17)7-4-12-16-15-7/h4-6,11H,3H2,1-2H3,(H,12,15,16)(H,13,14,17). The quantitative estimate of drug-likeness (QED) is 0.755. The van der Waals surface area contributed by atoms with Crippen LogP contribution in [0.3, 0.4) is 0 Å². The van der Waals surface area contributed by atoms with E-state index in [2.05, 4.69) is 31.0 Å². The maximum absolute atomic E-state index is 11.7. The molecular formula is C10H14N6OS. The van der Waals surface area contributed by atoms with Crippen molar-refractivity contribution in [2.45, 2.75) is 19.9 Å². The van der Waals surface area contributed by atoms with Gasteiger partial charge >= 0.3 is 0 Å². The largest absolute Gasteiger partial charge is 0.309 e. The highest BCUT2D eigenvalue weighted by Gasteiger charge is 2.13. The fourth-order valence-electron chi connectivity index (χ4n) is 1.43. The molecule has 0 bridgehead atoms. The number of rotatable bonds is 5. The van der Waals surface area contributed by atoms with Gasteiger partial charge in [-0.1, -0.05) is 6.92 Å². The molecule has 0 saturated carbocycles. The molecule has 0 aliphatic rings. The molecule has 1 atom stereocenters. The van der Waals surface area contributed by atoms with Crippen molar-refractivity contribution in [3.63, 3.8) is 0 Å². The fourth-order valence-corrected chi connectivity index (χ4v) is 2.22. The minimum absolute atomic E-state index is 0.170. The van der Waals surface area contributed by atoms with Gasteiger partial charge in [0, 0.05) is 11.4 Å². The Morgan fingerprint density at radius 1 is 1.61 bits per heavy atom. The molecule has 1 unspecified atom stereocenters. The lowest BCUT2D eigenvalue weighted by Gasteiger charge is -2.08. The molecule has 2 aromatic heterocycles. The van der Waals surface area contributed by atoms with Crippen LogP contribution >= 0.6 is 11.3 Å². The third kappa shape index (κ3) is 2.90. The van der Waals surface area contributed by atoms with Gasteiger partial charge in [-0.2, -0.15) is 15.4 Å². The maximum atomic E-state index is 11.7. The Bertz CT molecular complexity index is 508. The first-order valence-corrected chi connectivity index (χ1v) is 6.44. The Hall–Kier alpha value is -1.80. The van der Waals surface area contributed by atoms with Crippen molar-refractivity contribution in [3.05, 3.63) is 23.0 Å². The van der Waals surface area contributed by atoms with Gasteiger partial charge in [0.05, 0.1) is 11.9 Å². The van der Waals surface area contributed by atoms with E-state index >= 15 is 0 Å².